The molecule has 2 rings (SSSR count). The van der Waals surface area contributed by atoms with E-state index < -0.39 is 0 Å². The van der Waals surface area contributed by atoms with Crippen molar-refractivity contribution in [1.82, 2.24) is 15.2 Å². The lowest BCUT2D eigenvalue weighted by atomic mass is 10.4. The third-order valence-corrected chi connectivity index (χ3v) is 2.87. The van der Waals surface area contributed by atoms with E-state index in [0.717, 1.165) is 0 Å². The lowest BCUT2D eigenvalue weighted by Gasteiger charge is -2.13. The smallest absolute Gasteiger partial charge is 0.0267 e. The van der Waals surface area contributed by atoms with Crippen LogP contribution in [0, 0.1) is 0 Å². The number of nitrogens with one attached hydrogen (secondary N) is 1. The van der Waals surface area contributed by atoms with E-state index in [9.17, 15) is 0 Å². The third kappa shape index (κ3) is 11.6. The lowest BCUT2D eigenvalue weighted by molar-refractivity contribution is 0.321. The Morgan fingerprint density at radius 1 is 0.889 bits per heavy atom. The van der Waals surface area contributed by atoms with Crippen LogP contribution in [-0.2, 0) is 0 Å². The highest BCUT2D eigenvalue weighted by Gasteiger charge is 1.93. The number of aromatic nitrogens is 1. The van der Waals surface area contributed by atoms with Crippen molar-refractivity contribution in [2.45, 2.75) is 33.6 Å². The summed E-state index contributed by atoms with van der Waals surface area (Å²) >= 11 is 0. The summed E-state index contributed by atoms with van der Waals surface area (Å²) in [5, 5.41) is 3.22. The predicted molar refractivity (Wildman–Crippen MR) is 79.8 cm³/mol. The molecule has 1 aromatic rings. The molecule has 1 fully saturated rings. The second-order valence-corrected chi connectivity index (χ2v) is 4.10. The van der Waals surface area contributed by atoms with Gasteiger partial charge in [0.2, 0.25) is 0 Å². The van der Waals surface area contributed by atoms with Crippen LogP contribution in [-0.4, -0.2) is 42.6 Å². The van der Waals surface area contributed by atoms with E-state index in [1.54, 1.807) is 12.4 Å². The van der Waals surface area contributed by atoms with Crippen molar-refractivity contribution >= 4 is 0 Å². The van der Waals surface area contributed by atoms with E-state index in [0.29, 0.717) is 0 Å². The molecule has 0 bridgehead atoms. The van der Waals surface area contributed by atoms with Crippen molar-refractivity contribution in [2.24, 2.45) is 0 Å². The van der Waals surface area contributed by atoms with E-state index in [-0.39, 0.29) is 0 Å². The van der Waals surface area contributed by atoms with Crippen LogP contribution < -0.4 is 5.32 Å². The first kappa shape index (κ1) is 17.1. The molecular formula is C15H29N3. The number of nitrogens with zero attached hydrogens (tertiary/aromatic N) is 2. The predicted octanol–water partition coefficient (Wildman–Crippen LogP) is 2.80. The normalized spacial score (nSPS) is 13.3. The number of hydrogen-bond donors (Lipinski definition) is 1. The summed E-state index contributed by atoms with van der Waals surface area (Å²) in [6.45, 7) is 12.6. The van der Waals surface area contributed by atoms with E-state index in [1.807, 2.05) is 18.2 Å². The van der Waals surface area contributed by atoms with E-state index >= 15 is 0 Å². The largest absolute Gasteiger partial charge is 0.317 e. The molecule has 1 N–H and O–H groups in total. The maximum atomic E-state index is 3.78. The van der Waals surface area contributed by atoms with Crippen LogP contribution in [0.3, 0.4) is 0 Å². The SMILES string of the molecule is C1CCNC1.CCN(CC)CC.c1ccncc1. The highest BCUT2D eigenvalue weighted by Crippen LogP contribution is 1.90. The molecule has 3 heteroatoms. The van der Waals surface area contributed by atoms with Gasteiger partial charge in [0.1, 0.15) is 0 Å². The van der Waals surface area contributed by atoms with Crippen LogP contribution in [0.2, 0.25) is 0 Å². The van der Waals surface area contributed by atoms with Crippen LogP contribution in [0.15, 0.2) is 30.6 Å². The van der Waals surface area contributed by atoms with Crippen molar-refractivity contribution in [3.63, 3.8) is 0 Å². The number of rotatable bonds is 3. The Hall–Kier alpha value is -0.930. The zero-order chi connectivity index (χ0) is 13.5. The van der Waals surface area contributed by atoms with Crippen molar-refractivity contribution in [3.8, 4) is 0 Å². The van der Waals surface area contributed by atoms with Crippen LogP contribution in [0.1, 0.15) is 33.6 Å². The van der Waals surface area contributed by atoms with Gasteiger partial charge in [0.05, 0.1) is 0 Å². The molecule has 3 nitrogen and oxygen atoms in total. The summed E-state index contributed by atoms with van der Waals surface area (Å²) in [5.41, 5.74) is 0. The van der Waals surface area contributed by atoms with Gasteiger partial charge in [-0.1, -0.05) is 26.8 Å². The zero-order valence-corrected chi connectivity index (χ0v) is 12.2. The molecule has 0 radical (unpaired) electrons. The van der Waals surface area contributed by atoms with Crippen LogP contribution in [0.5, 0.6) is 0 Å². The fraction of sp³-hybridized carbons (Fsp3) is 0.667. The minimum absolute atomic E-state index is 1.19. The topological polar surface area (TPSA) is 28.2 Å². The molecule has 1 saturated heterocycles. The molecule has 0 spiro atoms. The molecular weight excluding hydrogens is 222 g/mol. The van der Waals surface area contributed by atoms with Gasteiger partial charge in [0, 0.05) is 12.4 Å². The van der Waals surface area contributed by atoms with Gasteiger partial charge in [0.25, 0.3) is 0 Å². The van der Waals surface area contributed by atoms with E-state index in [1.165, 1.54) is 45.6 Å². The summed E-state index contributed by atoms with van der Waals surface area (Å²) in [6, 6.07) is 5.72. The Morgan fingerprint density at radius 3 is 1.50 bits per heavy atom. The Kier molecular flexibility index (Phi) is 13.4. The number of pyridine rings is 1. The molecule has 18 heavy (non-hydrogen) atoms. The average molecular weight is 251 g/mol. The van der Waals surface area contributed by atoms with Gasteiger partial charge in [-0.3, -0.25) is 4.98 Å². The van der Waals surface area contributed by atoms with Crippen molar-refractivity contribution in [1.29, 1.82) is 0 Å². The molecule has 0 amide bonds. The molecule has 0 aliphatic carbocycles. The van der Waals surface area contributed by atoms with Gasteiger partial charge in [-0.25, -0.2) is 0 Å². The second kappa shape index (κ2) is 14.1. The Morgan fingerprint density at radius 2 is 1.39 bits per heavy atom. The third-order valence-electron chi connectivity index (χ3n) is 2.87. The molecule has 104 valence electrons. The minimum atomic E-state index is 1.19. The lowest BCUT2D eigenvalue weighted by Crippen LogP contribution is -2.21. The Bertz CT molecular complexity index is 191. The second-order valence-electron chi connectivity index (χ2n) is 4.10. The first-order chi connectivity index (χ1) is 8.85. The molecule has 2 heterocycles. The average Bonchev–Trinajstić information content (AvgIpc) is 3.03. The molecule has 0 saturated carbocycles. The van der Waals surface area contributed by atoms with Crippen molar-refractivity contribution in [2.75, 3.05) is 32.7 Å². The summed E-state index contributed by atoms with van der Waals surface area (Å²) in [5.74, 6) is 0. The molecule has 1 aliphatic heterocycles. The summed E-state index contributed by atoms with van der Waals surface area (Å²) in [6.07, 6.45) is 6.28. The summed E-state index contributed by atoms with van der Waals surface area (Å²) < 4.78 is 0. The first-order valence-corrected chi connectivity index (χ1v) is 7.13. The Labute approximate surface area is 113 Å². The maximum Gasteiger partial charge on any atom is 0.0267 e. The molecule has 0 unspecified atom stereocenters. The monoisotopic (exact) mass is 251 g/mol. The highest BCUT2D eigenvalue weighted by molar-refractivity contribution is 4.88. The van der Waals surface area contributed by atoms with Gasteiger partial charge in [-0.2, -0.15) is 0 Å². The summed E-state index contributed by atoms with van der Waals surface area (Å²) in [7, 11) is 0. The number of hydrogen-bond acceptors (Lipinski definition) is 3. The van der Waals surface area contributed by atoms with Gasteiger partial charge >= 0.3 is 0 Å². The zero-order valence-electron chi connectivity index (χ0n) is 12.2. The van der Waals surface area contributed by atoms with Gasteiger partial charge in [-0.05, 0) is 57.7 Å². The van der Waals surface area contributed by atoms with Gasteiger partial charge < -0.3 is 10.2 Å². The van der Waals surface area contributed by atoms with Crippen LogP contribution in [0.25, 0.3) is 0 Å². The van der Waals surface area contributed by atoms with Gasteiger partial charge in [0.15, 0.2) is 0 Å². The quantitative estimate of drug-likeness (QED) is 0.895. The standard InChI is InChI=1S/C6H15N.C5H5N.C4H9N/c1-4-7(5-2)6-3;1-2-4-6-5-3-1;1-2-4-5-3-1/h4-6H2,1-3H3;1-5H;5H,1-4H2. The van der Waals surface area contributed by atoms with Crippen molar-refractivity contribution < 1.29 is 0 Å². The van der Waals surface area contributed by atoms with E-state index in [4.69, 9.17) is 0 Å². The van der Waals surface area contributed by atoms with Crippen molar-refractivity contribution in [3.05, 3.63) is 30.6 Å². The molecule has 0 atom stereocenters. The van der Waals surface area contributed by atoms with Gasteiger partial charge in [-0.15, -0.1) is 0 Å². The van der Waals surface area contributed by atoms with Crippen LogP contribution >= 0.6 is 0 Å². The highest BCUT2D eigenvalue weighted by atomic mass is 15.1. The maximum absolute atomic E-state index is 3.78. The van der Waals surface area contributed by atoms with Crippen LogP contribution in [0.4, 0.5) is 0 Å². The fourth-order valence-electron chi connectivity index (χ4n) is 1.61. The molecule has 0 aromatic carbocycles. The minimum Gasteiger partial charge on any atom is -0.317 e. The first-order valence-electron chi connectivity index (χ1n) is 7.13. The van der Waals surface area contributed by atoms with E-state index in [2.05, 4.69) is 36.0 Å². The summed E-state index contributed by atoms with van der Waals surface area (Å²) in [4.78, 5) is 6.16. The molecule has 1 aliphatic rings. The fourth-order valence-corrected chi connectivity index (χ4v) is 1.61. The Balaban J connectivity index is 0.000000243. The molecule has 1 aromatic heterocycles.